The Balaban J connectivity index is 2.01. The molecule has 0 aromatic heterocycles. The Kier molecular flexibility index (Phi) is 5.78. The third-order valence-corrected chi connectivity index (χ3v) is 3.74. The molecule has 0 unspecified atom stereocenters. The summed E-state index contributed by atoms with van der Waals surface area (Å²) in [5.74, 6) is -1.86. The van der Waals surface area contributed by atoms with Crippen LogP contribution in [0.5, 0.6) is 5.75 Å². The van der Waals surface area contributed by atoms with Crippen molar-refractivity contribution in [2.45, 2.75) is 6.92 Å². The fraction of sp³-hybridized carbons (Fsp3) is 0.0625. The summed E-state index contributed by atoms with van der Waals surface area (Å²) in [6, 6.07) is 10.9. The molecular formula is C16H13Cl2N3O3. The van der Waals surface area contributed by atoms with Crippen molar-refractivity contribution in [3.8, 4) is 5.75 Å². The van der Waals surface area contributed by atoms with E-state index in [2.05, 4.69) is 15.8 Å². The number of rotatable bonds is 3. The highest BCUT2D eigenvalue weighted by Gasteiger charge is 2.14. The SMILES string of the molecule is C/C(=N\NC(=O)C(=O)Nc1ccc(Cl)c(Cl)c1)c1ccccc1O. The first kappa shape index (κ1) is 17.8. The van der Waals surface area contributed by atoms with E-state index in [1.807, 2.05) is 0 Å². The molecule has 2 rings (SSSR count). The van der Waals surface area contributed by atoms with Crippen molar-refractivity contribution in [1.82, 2.24) is 5.43 Å². The number of hydrogen-bond acceptors (Lipinski definition) is 4. The average molecular weight is 366 g/mol. The average Bonchev–Trinajstić information content (AvgIpc) is 2.56. The lowest BCUT2D eigenvalue weighted by Gasteiger charge is -2.06. The quantitative estimate of drug-likeness (QED) is 0.443. The second kappa shape index (κ2) is 7.81. The lowest BCUT2D eigenvalue weighted by molar-refractivity contribution is -0.136. The van der Waals surface area contributed by atoms with Crippen LogP contribution in [0, 0.1) is 0 Å². The minimum atomic E-state index is -0.962. The minimum absolute atomic E-state index is 0.0215. The van der Waals surface area contributed by atoms with Crippen LogP contribution in [-0.2, 0) is 9.59 Å². The maximum atomic E-state index is 11.8. The molecule has 8 heteroatoms. The fourth-order valence-electron chi connectivity index (χ4n) is 1.79. The number of phenols is 1. The molecule has 2 aromatic rings. The Morgan fingerprint density at radius 3 is 2.42 bits per heavy atom. The van der Waals surface area contributed by atoms with Crippen molar-refractivity contribution in [3.05, 3.63) is 58.1 Å². The van der Waals surface area contributed by atoms with E-state index < -0.39 is 11.8 Å². The van der Waals surface area contributed by atoms with Crippen molar-refractivity contribution in [2.75, 3.05) is 5.32 Å². The summed E-state index contributed by atoms with van der Waals surface area (Å²) in [7, 11) is 0. The zero-order valence-electron chi connectivity index (χ0n) is 12.5. The molecule has 0 fully saturated rings. The molecule has 2 aromatic carbocycles. The molecule has 0 bridgehead atoms. The van der Waals surface area contributed by atoms with Crippen molar-refractivity contribution in [1.29, 1.82) is 0 Å². The molecule has 0 aliphatic carbocycles. The van der Waals surface area contributed by atoms with E-state index in [9.17, 15) is 14.7 Å². The van der Waals surface area contributed by atoms with Gasteiger partial charge >= 0.3 is 11.8 Å². The largest absolute Gasteiger partial charge is 0.507 e. The van der Waals surface area contributed by atoms with Gasteiger partial charge in [0.25, 0.3) is 0 Å². The summed E-state index contributed by atoms with van der Waals surface area (Å²) in [6.45, 7) is 1.59. The van der Waals surface area contributed by atoms with Gasteiger partial charge in [0, 0.05) is 11.3 Å². The third kappa shape index (κ3) is 4.47. The predicted molar refractivity (Wildman–Crippen MR) is 93.6 cm³/mol. The van der Waals surface area contributed by atoms with Crippen LogP contribution in [0.1, 0.15) is 12.5 Å². The van der Waals surface area contributed by atoms with Crippen LogP contribution in [0.15, 0.2) is 47.6 Å². The van der Waals surface area contributed by atoms with Gasteiger partial charge in [0.1, 0.15) is 5.75 Å². The number of nitrogens with zero attached hydrogens (tertiary/aromatic N) is 1. The second-order valence-electron chi connectivity index (χ2n) is 4.74. The molecule has 6 nitrogen and oxygen atoms in total. The van der Waals surface area contributed by atoms with E-state index >= 15 is 0 Å². The van der Waals surface area contributed by atoms with Crippen molar-refractivity contribution < 1.29 is 14.7 Å². The number of amides is 2. The lowest BCUT2D eigenvalue weighted by Crippen LogP contribution is -2.32. The van der Waals surface area contributed by atoms with Gasteiger partial charge in [0.2, 0.25) is 0 Å². The number of carbonyl (C=O) groups excluding carboxylic acids is 2. The Bertz CT molecular complexity index is 822. The van der Waals surface area contributed by atoms with Crippen LogP contribution in [0.2, 0.25) is 10.0 Å². The van der Waals surface area contributed by atoms with Gasteiger partial charge in [-0.2, -0.15) is 5.10 Å². The number of nitrogens with one attached hydrogen (secondary N) is 2. The highest BCUT2D eigenvalue weighted by Crippen LogP contribution is 2.24. The summed E-state index contributed by atoms with van der Waals surface area (Å²) in [4.78, 5) is 23.6. The van der Waals surface area contributed by atoms with Crippen molar-refractivity contribution in [2.24, 2.45) is 5.10 Å². The first-order chi connectivity index (χ1) is 11.4. The van der Waals surface area contributed by atoms with E-state index in [0.717, 1.165) is 0 Å². The van der Waals surface area contributed by atoms with Crippen LogP contribution < -0.4 is 10.7 Å². The molecule has 24 heavy (non-hydrogen) atoms. The van der Waals surface area contributed by atoms with Gasteiger partial charge in [-0.25, -0.2) is 5.43 Å². The van der Waals surface area contributed by atoms with E-state index in [4.69, 9.17) is 23.2 Å². The number of phenolic OH excluding ortho intramolecular Hbond substituents is 1. The van der Waals surface area contributed by atoms with Crippen LogP contribution in [-0.4, -0.2) is 22.6 Å². The number of anilines is 1. The van der Waals surface area contributed by atoms with E-state index in [1.165, 1.54) is 24.3 Å². The van der Waals surface area contributed by atoms with Crippen molar-refractivity contribution >= 4 is 46.4 Å². The predicted octanol–water partition coefficient (Wildman–Crippen LogP) is 3.18. The first-order valence-electron chi connectivity index (χ1n) is 6.77. The number of carbonyl (C=O) groups is 2. The summed E-state index contributed by atoms with van der Waals surface area (Å²) >= 11 is 11.6. The third-order valence-electron chi connectivity index (χ3n) is 3.00. The molecule has 2 amide bonds. The zero-order chi connectivity index (χ0) is 17.7. The van der Waals surface area contributed by atoms with E-state index in [1.54, 1.807) is 25.1 Å². The van der Waals surface area contributed by atoms with Gasteiger partial charge < -0.3 is 10.4 Å². The topological polar surface area (TPSA) is 90.8 Å². The summed E-state index contributed by atoms with van der Waals surface area (Å²) in [6.07, 6.45) is 0. The lowest BCUT2D eigenvalue weighted by atomic mass is 10.1. The molecule has 0 atom stereocenters. The van der Waals surface area contributed by atoms with Gasteiger partial charge in [-0.05, 0) is 37.3 Å². The maximum Gasteiger partial charge on any atom is 0.329 e. The normalized spacial score (nSPS) is 11.0. The number of benzene rings is 2. The Hall–Kier alpha value is -2.57. The monoisotopic (exact) mass is 365 g/mol. The number of hydrogen-bond donors (Lipinski definition) is 3. The van der Waals surface area contributed by atoms with Gasteiger partial charge in [-0.1, -0.05) is 35.3 Å². The molecule has 124 valence electrons. The standard InChI is InChI=1S/C16H13Cl2N3O3/c1-9(11-4-2-3-5-14(11)22)20-21-16(24)15(23)19-10-6-7-12(17)13(18)8-10/h2-8,22H,1H3,(H,19,23)(H,21,24)/b20-9+. The minimum Gasteiger partial charge on any atom is -0.507 e. The molecular weight excluding hydrogens is 353 g/mol. The van der Waals surface area contributed by atoms with Crippen molar-refractivity contribution in [3.63, 3.8) is 0 Å². The maximum absolute atomic E-state index is 11.8. The van der Waals surface area contributed by atoms with E-state index in [-0.39, 0.29) is 10.8 Å². The van der Waals surface area contributed by atoms with Crippen LogP contribution in [0.3, 0.4) is 0 Å². The number of hydrazone groups is 1. The number of aromatic hydroxyl groups is 1. The molecule has 0 saturated carbocycles. The highest BCUT2D eigenvalue weighted by atomic mass is 35.5. The fourth-order valence-corrected chi connectivity index (χ4v) is 2.09. The second-order valence-corrected chi connectivity index (χ2v) is 5.55. The molecule has 0 radical (unpaired) electrons. The molecule has 0 spiro atoms. The first-order valence-corrected chi connectivity index (χ1v) is 7.53. The zero-order valence-corrected chi connectivity index (χ0v) is 14.0. The number of para-hydroxylation sites is 1. The summed E-state index contributed by atoms with van der Waals surface area (Å²) < 4.78 is 0. The van der Waals surface area contributed by atoms with Crippen LogP contribution >= 0.6 is 23.2 Å². The summed E-state index contributed by atoms with van der Waals surface area (Å²) in [5, 5.41) is 16.5. The molecule has 0 saturated heterocycles. The molecule has 3 N–H and O–H groups in total. The van der Waals surface area contributed by atoms with E-state index in [0.29, 0.717) is 22.0 Å². The molecule has 0 aliphatic heterocycles. The van der Waals surface area contributed by atoms with Gasteiger partial charge in [-0.3, -0.25) is 9.59 Å². The van der Waals surface area contributed by atoms with Crippen LogP contribution in [0.25, 0.3) is 0 Å². The van der Waals surface area contributed by atoms with Gasteiger partial charge in [0.05, 0.1) is 15.8 Å². The Morgan fingerprint density at radius 1 is 1.04 bits per heavy atom. The molecule has 0 heterocycles. The van der Waals surface area contributed by atoms with Crippen LogP contribution in [0.4, 0.5) is 5.69 Å². The Morgan fingerprint density at radius 2 is 1.75 bits per heavy atom. The van der Waals surface area contributed by atoms with Gasteiger partial charge in [-0.15, -0.1) is 0 Å². The highest BCUT2D eigenvalue weighted by molar-refractivity contribution is 6.43. The Labute approximate surface area is 148 Å². The van der Waals surface area contributed by atoms with Gasteiger partial charge in [0.15, 0.2) is 0 Å². The smallest absolute Gasteiger partial charge is 0.329 e. The number of halogens is 2. The molecule has 0 aliphatic rings. The summed E-state index contributed by atoms with van der Waals surface area (Å²) in [5.41, 5.74) is 3.24.